The van der Waals surface area contributed by atoms with Gasteiger partial charge in [-0.1, -0.05) is 30.3 Å². The number of nitrogens with zero attached hydrogens (tertiary/aromatic N) is 1. The molecular formula is C19H27N3O4. The maximum atomic E-state index is 12.6. The van der Waals surface area contributed by atoms with Crippen LogP contribution >= 0.6 is 0 Å². The molecule has 0 bridgehead atoms. The maximum Gasteiger partial charge on any atom is 0.318 e. The van der Waals surface area contributed by atoms with Crippen molar-refractivity contribution in [3.8, 4) is 0 Å². The summed E-state index contributed by atoms with van der Waals surface area (Å²) in [5, 5.41) is 15.2. The number of carbonyl (C=O) groups is 3. The molecule has 1 fully saturated rings. The van der Waals surface area contributed by atoms with Crippen LogP contribution in [-0.4, -0.2) is 53.1 Å². The molecule has 0 aromatic heterocycles. The summed E-state index contributed by atoms with van der Waals surface area (Å²) in [5.74, 6) is -1.32. The Morgan fingerprint density at radius 2 is 1.92 bits per heavy atom. The number of carboxylic acid groups (broad SMARTS) is 1. The summed E-state index contributed by atoms with van der Waals surface area (Å²) in [6.45, 7) is 5.79. The minimum Gasteiger partial charge on any atom is -0.481 e. The second-order valence-electron chi connectivity index (χ2n) is 7.18. The number of likely N-dealkylation sites (tertiary alicyclic amines) is 1. The lowest BCUT2D eigenvalue weighted by molar-refractivity contribution is -0.143. The number of benzene rings is 1. The molecule has 1 heterocycles. The zero-order valence-electron chi connectivity index (χ0n) is 15.5. The monoisotopic (exact) mass is 361 g/mol. The van der Waals surface area contributed by atoms with E-state index in [9.17, 15) is 19.5 Å². The topological polar surface area (TPSA) is 98.7 Å². The third-order valence-electron chi connectivity index (χ3n) is 4.73. The van der Waals surface area contributed by atoms with Gasteiger partial charge in [-0.3, -0.25) is 9.59 Å². The first kappa shape index (κ1) is 19.8. The smallest absolute Gasteiger partial charge is 0.318 e. The summed E-state index contributed by atoms with van der Waals surface area (Å²) in [6, 6.07) is 7.98. The van der Waals surface area contributed by atoms with E-state index in [1.165, 1.54) is 4.90 Å². The standard InChI is InChI=1S/C19H27N3O4/c1-13(2)21-18(26)22-11-7-10-15(22)16(23)20-12-19(3,17(24)25)14-8-5-4-6-9-14/h4-6,8-9,13,15H,7,10-12H2,1-3H3,(H,20,23)(H,21,26)(H,24,25)/t15-,19?/m0/s1. The fourth-order valence-electron chi connectivity index (χ4n) is 3.10. The van der Waals surface area contributed by atoms with E-state index in [4.69, 9.17) is 0 Å². The summed E-state index contributed by atoms with van der Waals surface area (Å²) in [6.07, 6.45) is 1.32. The van der Waals surface area contributed by atoms with Crippen molar-refractivity contribution in [2.75, 3.05) is 13.1 Å². The van der Waals surface area contributed by atoms with Crippen LogP contribution in [0.4, 0.5) is 4.79 Å². The highest BCUT2D eigenvalue weighted by Gasteiger charge is 2.38. The van der Waals surface area contributed by atoms with E-state index in [0.29, 0.717) is 18.5 Å². The molecule has 2 rings (SSSR count). The Morgan fingerprint density at radius 3 is 2.50 bits per heavy atom. The fourth-order valence-corrected chi connectivity index (χ4v) is 3.10. The maximum absolute atomic E-state index is 12.6. The number of urea groups is 1. The largest absolute Gasteiger partial charge is 0.481 e. The third kappa shape index (κ3) is 4.33. The number of hydrogen-bond acceptors (Lipinski definition) is 3. The number of carboxylic acids is 1. The molecule has 1 saturated heterocycles. The highest BCUT2D eigenvalue weighted by atomic mass is 16.4. The van der Waals surface area contributed by atoms with Crippen molar-refractivity contribution in [2.45, 2.75) is 51.1 Å². The Labute approximate surface area is 153 Å². The Bertz CT molecular complexity index is 662. The first-order valence-electron chi connectivity index (χ1n) is 8.89. The summed E-state index contributed by atoms with van der Waals surface area (Å²) in [4.78, 5) is 38.2. The zero-order chi connectivity index (χ0) is 19.3. The summed E-state index contributed by atoms with van der Waals surface area (Å²) >= 11 is 0. The minimum atomic E-state index is -1.24. The molecule has 2 atom stereocenters. The number of nitrogens with one attached hydrogen (secondary N) is 2. The van der Waals surface area contributed by atoms with Gasteiger partial charge in [0.15, 0.2) is 0 Å². The fraction of sp³-hybridized carbons (Fsp3) is 0.526. The van der Waals surface area contributed by atoms with Crippen molar-refractivity contribution in [3.63, 3.8) is 0 Å². The van der Waals surface area contributed by atoms with Gasteiger partial charge >= 0.3 is 12.0 Å². The van der Waals surface area contributed by atoms with E-state index in [1.54, 1.807) is 31.2 Å². The predicted molar refractivity (Wildman–Crippen MR) is 97.8 cm³/mol. The summed E-state index contributed by atoms with van der Waals surface area (Å²) in [7, 11) is 0. The molecule has 0 radical (unpaired) electrons. The molecule has 1 aromatic rings. The van der Waals surface area contributed by atoms with Gasteiger partial charge in [0.1, 0.15) is 11.5 Å². The van der Waals surface area contributed by atoms with Crippen molar-refractivity contribution in [1.82, 2.24) is 15.5 Å². The quantitative estimate of drug-likeness (QED) is 0.718. The molecule has 0 aliphatic carbocycles. The van der Waals surface area contributed by atoms with Gasteiger partial charge in [-0.25, -0.2) is 4.79 Å². The first-order valence-corrected chi connectivity index (χ1v) is 8.89. The van der Waals surface area contributed by atoms with Crippen molar-refractivity contribution in [1.29, 1.82) is 0 Å². The van der Waals surface area contributed by atoms with E-state index in [0.717, 1.165) is 6.42 Å². The van der Waals surface area contributed by atoms with Gasteiger partial charge in [0, 0.05) is 19.1 Å². The highest BCUT2D eigenvalue weighted by Crippen LogP contribution is 2.24. The minimum absolute atomic E-state index is 0.0137. The lowest BCUT2D eigenvalue weighted by Gasteiger charge is -2.29. The number of carbonyl (C=O) groups excluding carboxylic acids is 2. The van der Waals surface area contributed by atoms with Gasteiger partial charge in [0.05, 0.1) is 0 Å². The van der Waals surface area contributed by atoms with Crippen LogP contribution in [0.1, 0.15) is 39.2 Å². The van der Waals surface area contributed by atoms with Gasteiger partial charge in [-0.15, -0.1) is 0 Å². The first-order chi connectivity index (χ1) is 12.3. The van der Waals surface area contributed by atoms with Crippen molar-refractivity contribution >= 4 is 17.9 Å². The SMILES string of the molecule is CC(C)NC(=O)N1CCC[C@H]1C(=O)NCC(C)(C(=O)O)c1ccccc1. The summed E-state index contributed by atoms with van der Waals surface area (Å²) < 4.78 is 0. The number of hydrogen-bond donors (Lipinski definition) is 3. The molecule has 3 amide bonds. The molecule has 1 aliphatic rings. The Balaban J connectivity index is 2.06. The van der Waals surface area contributed by atoms with Crippen molar-refractivity contribution in [2.24, 2.45) is 0 Å². The van der Waals surface area contributed by atoms with Crippen LogP contribution in [0.15, 0.2) is 30.3 Å². The predicted octanol–water partition coefficient (Wildman–Crippen LogP) is 1.73. The van der Waals surface area contributed by atoms with Crippen LogP contribution in [-0.2, 0) is 15.0 Å². The van der Waals surface area contributed by atoms with E-state index in [1.807, 2.05) is 19.9 Å². The second-order valence-corrected chi connectivity index (χ2v) is 7.18. The molecule has 0 spiro atoms. The van der Waals surface area contributed by atoms with Gasteiger partial charge in [0.25, 0.3) is 0 Å². The zero-order valence-corrected chi connectivity index (χ0v) is 15.5. The molecule has 142 valence electrons. The Morgan fingerprint density at radius 1 is 1.27 bits per heavy atom. The summed E-state index contributed by atoms with van der Waals surface area (Å²) in [5.41, 5.74) is -0.616. The number of rotatable bonds is 6. The molecule has 1 unspecified atom stereocenters. The molecule has 0 saturated carbocycles. The van der Waals surface area contributed by atoms with E-state index in [-0.39, 0.29) is 24.5 Å². The van der Waals surface area contributed by atoms with Crippen LogP contribution in [0.2, 0.25) is 0 Å². The van der Waals surface area contributed by atoms with E-state index < -0.39 is 17.4 Å². The molecule has 7 heteroatoms. The molecule has 7 nitrogen and oxygen atoms in total. The third-order valence-corrected chi connectivity index (χ3v) is 4.73. The van der Waals surface area contributed by atoms with Gasteiger partial charge in [-0.2, -0.15) is 0 Å². The van der Waals surface area contributed by atoms with Crippen LogP contribution in [0, 0.1) is 0 Å². The molecule has 1 aliphatic heterocycles. The Hall–Kier alpha value is -2.57. The van der Waals surface area contributed by atoms with Crippen LogP contribution < -0.4 is 10.6 Å². The molecule has 26 heavy (non-hydrogen) atoms. The van der Waals surface area contributed by atoms with Gasteiger partial charge < -0.3 is 20.6 Å². The molecule has 1 aromatic carbocycles. The highest BCUT2D eigenvalue weighted by molar-refractivity contribution is 5.89. The van der Waals surface area contributed by atoms with Crippen molar-refractivity contribution in [3.05, 3.63) is 35.9 Å². The van der Waals surface area contributed by atoms with Gasteiger partial charge in [0.2, 0.25) is 5.91 Å². The average Bonchev–Trinajstić information content (AvgIpc) is 3.09. The van der Waals surface area contributed by atoms with Crippen LogP contribution in [0.25, 0.3) is 0 Å². The number of amides is 3. The van der Waals surface area contributed by atoms with Gasteiger partial charge in [-0.05, 0) is 39.2 Å². The van der Waals surface area contributed by atoms with Crippen molar-refractivity contribution < 1.29 is 19.5 Å². The lowest BCUT2D eigenvalue weighted by atomic mass is 9.82. The average molecular weight is 361 g/mol. The molecule has 3 N–H and O–H groups in total. The van der Waals surface area contributed by atoms with E-state index >= 15 is 0 Å². The number of aliphatic carboxylic acids is 1. The Kier molecular flexibility index (Phi) is 6.23. The van der Waals surface area contributed by atoms with E-state index in [2.05, 4.69) is 10.6 Å². The normalized spacial score (nSPS) is 19.1. The van der Waals surface area contributed by atoms with Crippen LogP contribution in [0.3, 0.4) is 0 Å². The van der Waals surface area contributed by atoms with Crippen LogP contribution in [0.5, 0.6) is 0 Å². The lowest BCUT2D eigenvalue weighted by Crippen LogP contribution is -2.53. The molecular weight excluding hydrogens is 334 g/mol. The second kappa shape index (κ2) is 8.21.